The first-order valence-electron chi connectivity index (χ1n) is 13.5. The van der Waals surface area contributed by atoms with Gasteiger partial charge in [-0.15, -0.1) is 12.6 Å². The lowest BCUT2D eigenvalue weighted by Gasteiger charge is -2.30. The van der Waals surface area contributed by atoms with Gasteiger partial charge in [0.15, 0.2) is 9.84 Å². The predicted octanol–water partition coefficient (Wildman–Crippen LogP) is 5.22. The highest BCUT2D eigenvalue weighted by atomic mass is 35.5. The van der Waals surface area contributed by atoms with Crippen molar-refractivity contribution in [3.05, 3.63) is 76.6 Å². The second kappa shape index (κ2) is 12.2. The summed E-state index contributed by atoms with van der Waals surface area (Å²) >= 11 is 11.4. The number of hydrogen-bond acceptors (Lipinski definition) is 8. The molecule has 0 aliphatic carbocycles. The van der Waals surface area contributed by atoms with E-state index in [2.05, 4.69) is 29.6 Å². The molecule has 0 bridgehead atoms. The first-order chi connectivity index (χ1) is 19.9. The van der Waals surface area contributed by atoms with E-state index in [4.69, 9.17) is 26.8 Å². The minimum absolute atomic E-state index is 0.0898. The molecular formula is C30H33ClN4O5S2. The number of imidazole rings is 1. The van der Waals surface area contributed by atoms with Crippen molar-refractivity contribution in [1.29, 1.82) is 0 Å². The van der Waals surface area contributed by atoms with Gasteiger partial charge in [0, 0.05) is 31.0 Å². The van der Waals surface area contributed by atoms with E-state index in [0.29, 0.717) is 38.8 Å². The molecule has 2 N–H and O–H groups in total. The number of halogens is 1. The van der Waals surface area contributed by atoms with Crippen LogP contribution in [0.5, 0.6) is 11.5 Å². The third-order valence-electron chi connectivity index (χ3n) is 7.34. The maximum Gasteiger partial charge on any atom is 0.250 e. The monoisotopic (exact) mass is 628 g/mol. The van der Waals surface area contributed by atoms with Crippen molar-refractivity contribution >= 4 is 51.0 Å². The van der Waals surface area contributed by atoms with Gasteiger partial charge in [0.2, 0.25) is 5.91 Å². The first kappa shape index (κ1) is 30.2. The van der Waals surface area contributed by atoms with Crippen molar-refractivity contribution < 1.29 is 22.7 Å². The Bertz CT molecular complexity index is 1750. The molecule has 1 aromatic heterocycles. The van der Waals surface area contributed by atoms with Gasteiger partial charge in [-0.25, -0.2) is 13.4 Å². The predicted molar refractivity (Wildman–Crippen MR) is 167 cm³/mol. The Labute approximate surface area is 255 Å². The molecule has 0 radical (unpaired) electrons. The van der Waals surface area contributed by atoms with E-state index in [1.807, 2.05) is 25.1 Å². The third kappa shape index (κ3) is 6.70. The number of fused-ring (bicyclic) bond motifs is 1. The van der Waals surface area contributed by atoms with Crippen molar-refractivity contribution in [3.8, 4) is 17.2 Å². The van der Waals surface area contributed by atoms with E-state index in [-0.39, 0.29) is 22.3 Å². The highest BCUT2D eigenvalue weighted by Gasteiger charge is 2.23. The summed E-state index contributed by atoms with van der Waals surface area (Å²) in [6.07, 6.45) is 4.20. The van der Waals surface area contributed by atoms with E-state index in [1.54, 1.807) is 41.2 Å². The lowest BCUT2D eigenvalue weighted by Crippen LogP contribution is -2.35. The topological polar surface area (TPSA) is 117 Å². The number of rotatable bonds is 9. The molecule has 1 saturated heterocycles. The Morgan fingerprint density at radius 1 is 1.17 bits per heavy atom. The van der Waals surface area contributed by atoms with E-state index >= 15 is 0 Å². The number of benzene rings is 3. The van der Waals surface area contributed by atoms with E-state index in [9.17, 15) is 13.2 Å². The number of aromatic nitrogens is 2. The van der Waals surface area contributed by atoms with Crippen LogP contribution in [0.15, 0.2) is 59.8 Å². The van der Waals surface area contributed by atoms with Gasteiger partial charge in [-0.1, -0.05) is 29.8 Å². The lowest BCUT2D eigenvalue weighted by molar-refractivity contribution is 0.0996. The van der Waals surface area contributed by atoms with Crippen LogP contribution in [0.4, 0.5) is 0 Å². The number of hydrogen-bond donors (Lipinski definition) is 2. The highest BCUT2D eigenvalue weighted by Crippen LogP contribution is 2.38. The molecule has 12 heteroatoms. The highest BCUT2D eigenvalue weighted by molar-refractivity contribution is 7.89. The van der Waals surface area contributed by atoms with Gasteiger partial charge in [-0.2, -0.15) is 0 Å². The summed E-state index contributed by atoms with van der Waals surface area (Å²) in [5.41, 5.74) is 9.10. The minimum atomic E-state index is -3.24. The smallest absolute Gasteiger partial charge is 0.250 e. The Balaban J connectivity index is 1.48. The summed E-state index contributed by atoms with van der Waals surface area (Å²) in [6, 6.07) is 14.2. The summed E-state index contributed by atoms with van der Waals surface area (Å²) < 4.78 is 38.1. The zero-order valence-corrected chi connectivity index (χ0v) is 26.0. The van der Waals surface area contributed by atoms with Gasteiger partial charge < -0.3 is 20.1 Å². The molecule has 5 rings (SSSR count). The van der Waals surface area contributed by atoms with Crippen molar-refractivity contribution in [3.63, 3.8) is 0 Å². The van der Waals surface area contributed by atoms with Crippen molar-refractivity contribution in [1.82, 2.24) is 14.5 Å². The fourth-order valence-corrected chi connectivity index (χ4v) is 6.53. The van der Waals surface area contributed by atoms with Gasteiger partial charge in [0.25, 0.3) is 0 Å². The molecule has 1 aliphatic heterocycles. The molecule has 3 aromatic carbocycles. The number of thiol groups is 1. The third-order valence-corrected chi connectivity index (χ3v) is 9.06. The normalized spacial score (nSPS) is 15.5. The summed E-state index contributed by atoms with van der Waals surface area (Å²) in [6.45, 7) is 3.79. The Kier molecular flexibility index (Phi) is 8.75. The molecule has 1 aliphatic rings. The van der Waals surface area contributed by atoms with E-state index < -0.39 is 21.8 Å². The molecule has 1 amide bonds. The number of nitrogens with two attached hydrogens (primary N) is 1. The van der Waals surface area contributed by atoms with Gasteiger partial charge >= 0.3 is 0 Å². The van der Waals surface area contributed by atoms with Gasteiger partial charge in [-0.3, -0.25) is 9.36 Å². The van der Waals surface area contributed by atoms with Gasteiger partial charge in [-0.05, 0) is 56.6 Å². The molecular weight excluding hydrogens is 596 g/mol. The molecule has 0 spiro atoms. The summed E-state index contributed by atoms with van der Waals surface area (Å²) in [7, 11) is -1.14. The first-order valence-corrected chi connectivity index (χ1v) is 16.4. The van der Waals surface area contributed by atoms with Crippen molar-refractivity contribution in [2.75, 3.05) is 26.4 Å². The number of carbonyl (C=O) groups excluding carboxylic acids is 1. The molecule has 1 fully saturated rings. The number of primary amides is 1. The number of piperidine rings is 1. The van der Waals surface area contributed by atoms with Gasteiger partial charge in [0.05, 0.1) is 38.0 Å². The maximum absolute atomic E-state index is 12.4. The van der Waals surface area contributed by atoms with E-state index in [0.717, 1.165) is 31.5 Å². The molecule has 9 nitrogen and oxygen atoms in total. The average molecular weight is 629 g/mol. The summed E-state index contributed by atoms with van der Waals surface area (Å²) in [5, 5.41) is 0.468. The average Bonchev–Trinajstić information content (AvgIpc) is 3.34. The van der Waals surface area contributed by atoms with E-state index in [1.165, 1.54) is 6.26 Å². The second-order valence-electron chi connectivity index (χ2n) is 10.8. The molecule has 4 aromatic rings. The Hall–Kier alpha value is -3.25. The Morgan fingerprint density at radius 2 is 1.90 bits per heavy atom. The zero-order valence-electron chi connectivity index (χ0n) is 23.6. The number of nitrogens with zero attached hydrogens (tertiary/aromatic N) is 3. The Morgan fingerprint density at radius 3 is 2.60 bits per heavy atom. The number of likely N-dealkylation sites (tertiary alicyclic amines) is 1. The summed E-state index contributed by atoms with van der Waals surface area (Å²) in [4.78, 5) is 19.4. The van der Waals surface area contributed by atoms with Crippen LogP contribution in [0.2, 0.25) is 5.02 Å². The standard InChI is InChI=1S/C30H33ClN4O5S2/c1-18(22-5-4-6-26(28(22)31)40-21-9-11-34(2)12-10-21)39-27-15-20(14-23(29(27)41)30(32)36)35-17-33-24-8-7-19(13-25(24)35)16-42(3,37)38/h4-8,13-15,17-18,21,41H,9-12,16H2,1-3H3,(H2,32,36)/t18-/m1/s1. The number of amides is 1. The van der Waals surface area contributed by atoms with Crippen molar-refractivity contribution in [2.45, 2.75) is 42.6 Å². The molecule has 42 heavy (non-hydrogen) atoms. The molecule has 1 atom stereocenters. The van der Waals surface area contributed by atoms with Crippen LogP contribution in [0.1, 0.15) is 47.4 Å². The summed E-state index contributed by atoms with van der Waals surface area (Å²) in [5.74, 6) is 0.146. The fraction of sp³-hybridized carbons (Fsp3) is 0.333. The minimum Gasteiger partial charge on any atom is -0.489 e. The van der Waals surface area contributed by atoms with Crippen LogP contribution >= 0.6 is 24.2 Å². The van der Waals surface area contributed by atoms with Crippen LogP contribution < -0.4 is 15.2 Å². The number of carbonyl (C=O) groups is 1. The molecule has 2 heterocycles. The van der Waals surface area contributed by atoms with Crippen LogP contribution in [0.3, 0.4) is 0 Å². The zero-order chi connectivity index (χ0) is 30.2. The largest absolute Gasteiger partial charge is 0.489 e. The number of sulfone groups is 1. The maximum atomic E-state index is 12.4. The van der Waals surface area contributed by atoms with Crippen LogP contribution in [-0.2, 0) is 15.6 Å². The molecule has 0 unspecified atom stereocenters. The SMILES string of the molecule is C[C@@H](Oc1cc(-n2cnc3ccc(CS(C)(=O)=O)cc32)cc(C(N)=O)c1S)c1cccc(OC2CCN(C)CC2)c1Cl. The lowest BCUT2D eigenvalue weighted by atomic mass is 10.1. The van der Waals surface area contributed by atoms with Crippen LogP contribution in [0.25, 0.3) is 16.7 Å². The van der Waals surface area contributed by atoms with Crippen molar-refractivity contribution in [2.24, 2.45) is 5.73 Å². The van der Waals surface area contributed by atoms with Gasteiger partial charge in [0.1, 0.15) is 30.0 Å². The molecule has 222 valence electrons. The molecule has 0 saturated carbocycles. The second-order valence-corrected chi connectivity index (χ2v) is 13.7. The quantitative estimate of drug-likeness (QED) is 0.244. The fourth-order valence-electron chi connectivity index (χ4n) is 5.13. The van der Waals surface area contributed by atoms with Crippen LogP contribution in [0, 0.1) is 0 Å². The number of ether oxygens (including phenoxy) is 2. The van der Waals surface area contributed by atoms with Crippen LogP contribution in [-0.4, -0.2) is 61.3 Å².